The molecule has 0 saturated carbocycles. The van der Waals surface area contributed by atoms with E-state index in [0.717, 1.165) is 0 Å². The van der Waals surface area contributed by atoms with Crippen LogP contribution in [0.25, 0.3) is 0 Å². The number of para-hydroxylation sites is 1. The molecule has 0 radical (unpaired) electrons. The van der Waals surface area contributed by atoms with Crippen LogP contribution in [0.1, 0.15) is 11.5 Å². The lowest BCUT2D eigenvalue weighted by atomic mass is 9.88. The van der Waals surface area contributed by atoms with E-state index in [1.165, 1.54) is 35.2 Å². The SMILES string of the molecule is CN1C[C@H](c2cccc(F)c2)[C@@H](C(=O)Nc2ccccc2F)C1=O. The van der Waals surface area contributed by atoms with Gasteiger partial charge >= 0.3 is 0 Å². The Bertz CT molecular complexity index is 794. The quantitative estimate of drug-likeness (QED) is 0.880. The Morgan fingerprint density at radius 1 is 1.17 bits per heavy atom. The van der Waals surface area contributed by atoms with E-state index in [0.29, 0.717) is 12.1 Å². The second-order valence-electron chi connectivity index (χ2n) is 5.83. The Balaban J connectivity index is 1.89. The van der Waals surface area contributed by atoms with Crippen molar-refractivity contribution in [3.63, 3.8) is 0 Å². The average molecular weight is 330 g/mol. The minimum absolute atomic E-state index is 0.0165. The van der Waals surface area contributed by atoms with Crippen LogP contribution in [0, 0.1) is 17.6 Å². The predicted octanol–water partition coefficient (Wildman–Crippen LogP) is 2.78. The molecule has 2 atom stereocenters. The predicted molar refractivity (Wildman–Crippen MR) is 85.3 cm³/mol. The van der Waals surface area contributed by atoms with E-state index in [9.17, 15) is 18.4 Å². The highest BCUT2D eigenvalue weighted by atomic mass is 19.1. The normalized spacial score (nSPS) is 20.3. The molecule has 3 rings (SSSR count). The topological polar surface area (TPSA) is 49.4 Å². The number of halogens is 2. The van der Waals surface area contributed by atoms with Crippen LogP contribution in [0.2, 0.25) is 0 Å². The van der Waals surface area contributed by atoms with Crippen LogP contribution in [0.5, 0.6) is 0 Å². The summed E-state index contributed by atoms with van der Waals surface area (Å²) in [5.74, 6) is -3.46. The highest BCUT2D eigenvalue weighted by molar-refractivity contribution is 6.08. The van der Waals surface area contributed by atoms with E-state index < -0.39 is 29.4 Å². The van der Waals surface area contributed by atoms with Crippen LogP contribution >= 0.6 is 0 Å². The third-order valence-electron chi connectivity index (χ3n) is 4.21. The number of hydrogen-bond acceptors (Lipinski definition) is 2. The van der Waals surface area contributed by atoms with E-state index >= 15 is 0 Å². The minimum atomic E-state index is -1.02. The summed E-state index contributed by atoms with van der Waals surface area (Å²) in [4.78, 5) is 26.4. The number of likely N-dealkylation sites (tertiary alicyclic amines) is 1. The number of rotatable bonds is 3. The van der Waals surface area contributed by atoms with Crippen molar-refractivity contribution in [1.29, 1.82) is 0 Å². The summed E-state index contributed by atoms with van der Waals surface area (Å²) in [6.07, 6.45) is 0. The molecule has 1 aliphatic rings. The van der Waals surface area contributed by atoms with Gasteiger partial charge in [0.1, 0.15) is 17.6 Å². The minimum Gasteiger partial charge on any atom is -0.344 e. The molecule has 124 valence electrons. The molecule has 1 aliphatic heterocycles. The lowest BCUT2D eigenvalue weighted by Gasteiger charge is -2.17. The van der Waals surface area contributed by atoms with Crippen LogP contribution in [0.4, 0.5) is 14.5 Å². The van der Waals surface area contributed by atoms with Gasteiger partial charge in [0.15, 0.2) is 0 Å². The fourth-order valence-corrected chi connectivity index (χ4v) is 3.00. The fraction of sp³-hybridized carbons (Fsp3) is 0.222. The van der Waals surface area contributed by atoms with Crippen molar-refractivity contribution in [2.24, 2.45) is 5.92 Å². The molecular formula is C18H16F2N2O2. The van der Waals surface area contributed by atoms with Crippen molar-refractivity contribution < 1.29 is 18.4 Å². The Kier molecular flexibility index (Phi) is 4.29. The molecule has 6 heteroatoms. The monoisotopic (exact) mass is 330 g/mol. The molecule has 1 saturated heterocycles. The van der Waals surface area contributed by atoms with E-state index in [4.69, 9.17) is 0 Å². The van der Waals surface area contributed by atoms with Crippen LogP contribution in [0.15, 0.2) is 48.5 Å². The number of nitrogens with one attached hydrogen (secondary N) is 1. The molecule has 0 bridgehead atoms. The first-order valence-electron chi connectivity index (χ1n) is 7.53. The van der Waals surface area contributed by atoms with Gasteiger partial charge in [-0.1, -0.05) is 24.3 Å². The maximum absolute atomic E-state index is 13.7. The standard InChI is InChI=1S/C18H16F2N2O2/c1-22-10-13(11-5-4-6-12(19)9-11)16(18(22)24)17(23)21-15-8-3-2-7-14(15)20/h2-9,13,16H,10H2,1H3,(H,21,23)/t13-,16+/m1/s1. The Morgan fingerprint density at radius 2 is 1.92 bits per heavy atom. The van der Waals surface area contributed by atoms with Gasteiger partial charge in [-0.2, -0.15) is 0 Å². The van der Waals surface area contributed by atoms with Gasteiger partial charge in [-0.05, 0) is 29.8 Å². The van der Waals surface area contributed by atoms with Gasteiger partial charge in [0, 0.05) is 19.5 Å². The first-order chi connectivity index (χ1) is 11.5. The molecule has 2 amide bonds. The van der Waals surface area contributed by atoms with Crippen molar-refractivity contribution >= 4 is 17.5 Å². The molecular weight excluding hydrogens is 314 g/mol. The van der Waals surface area contributed by atoms with Crippen LogP contribution in [-0.4, -0.2) is 30.3 Å². The van der Waals surface area contributed by atoms with Crippen molar-refractivity contribution in [2.75, 3.05) is 18.9 Å². The summed E-state index contributed by atoms with van der Waals surface area (Å²) in [7, 11) is 1.59. The van der Waals surface area contributed by atoms with Crippen molar-refractivity contribution in [1.82, 2.24) is 4.90 Å². The van der Waals surface area contributed by atoms with Crippen LogP contribution < -0.4 is 5.32 Å². The van der Waals surface area contributed by atoms with Gasteiger partial charge in [-0.25, -0.2) is 8.78 Å². The summed E-state index contributed by atoms with van der Waals surface area (Å²) in [5, 5.41) is 2.46. The highest BCUT2D eigenvalue weighted by Crippen LogP contribution is 2.34. The fourth-order valence-electron chi connectivity index (χ4n) is 3.00. The number of nitrogens with zero attached hydrogens (tertiary/aromatic N) is 1. The number of carbonyl (C=O) groups is 2. The zero-order valence-corrected chi connectivity index (χ0v) is 13.0. The number of benzene rings is 2. The highest BCUT2D eigenvalue weighted by Gasteiger charge is 2.44. The van der Waals surface area contributed by atoms with Crippen LogP contribution in [0.3, 0.4) is 0 Å². The summed E-state index contributed by atoms with van der Waals surface area (Å²) < 4.78 is 27.2. The van der Waals surface area contributed by atoms with Crippen LogP contribution in [-0.2, 0) is 9.59 Å². The van der Waals surface area contributed by atoms with E-state index in [1.807, 2.05) is 0 Å². The third-order valence-corrected chi connectivity index (χ3v) is 4.21. The molecule has 1 fully saturated rings. The lowest BCUT2D eigenvalue weighted by molar-refractivity contribution is -0.135. The molecule has 0 aromatic heterocycles. The number of hydrogen-bond donors (Lipinski definition) is 1. The number of carbonyl (C=O) groups excluding carboxylic acids is 2. The van der Waals surface area contributed by atoms with Gasteiger partial charge in [0.05, 0.1) is 5.69 Å². The third kappa shape index (κ3) is 2.99. The molecule has 1 heterocycles. The molecule has 2 aromatic rings. The zero-order chi connectivity index (χ0) is 17.3. The first-order valence-corrected chi connectivity index (χ1v) is 7.53. The molecule has 0 spiro atoms. The summed E-state index contributed by atoms with van der Waals surface area (Å²) in [6, 6.07) is 11.6. The largest absolute Gasteiger partial charge is 0.344 e. The summed E-state index contributed by atoms with van der Waals surface area (Å²) >= 11 is 0. The second kappa shape index (κ2) is 6.39. The molecule has 1 N–H and O–H groups in total. The Morgan fingerprint density at radius 3 is 2.62 bits per heavy atom. The van der Waals surface area contributed by atoms with Crippen molar-refractivity contribution in [2.45, 2.75) is 5.92 Å². The number of anilines is 1. The van der Waals surface area contributed by atoms with Crippen molar-refractivity contribution in [3.05, 3.63) is 65.7 Å². The smallest absolute Gasteiger partial charge is 0.237 e. The van der Waals surface area contributed by atoms with Gasteiger partial charge in [0.25, 0.3) is 0 Å². The molecule has 0 unspecified atom stereocenters. The van der Waals surface area contributed by atoms with E-state index in [2.05, 4.69) is 5.32 Å². The lowest BCUT2D eigenvalue weighted by Crippen LogP contribution is -2.33. The van der Waals surface area contributed by atoms with Gasteiger partial charge in [-0.15, -0.1) is 0 Å². The first kappa shape index (κ1) is 16.1. The summed E-state index contributed by atoms with van der Waals surface area (Å²) in [5.41, 5.74) is 0.587. The summed E-state index contributed by atoms with van der Waals surface area (Å²) in [6.45, 7) is 0.303. The molecule has 2 aromatic carbocycles. The second-order valence-corrected chi connectivity index (χ2v) is 5.83. The maximum Gasteiger partial charge on any atom is 0.237 e. The molecule has 24 heavy (non-hydrogen) atoms. The number of likely N-dealkylation sites (N-methyl/N-ethyl adjacent to an activating group) is 1. The van der Waals surface area contributed by atoms with Gasteiger partial charge in [-0.3, -0.25) is 9.59 Å². The maximum atomic E-state index is 13.7. The number of amides is 2. The molecule has 4 nitrogen and oxygen atoms in total. The zero-order valence-electron chi connectivity index (χ0n) is 13.0. The Hall–Kier alpha value is -2.76. The van der Waals surface area contributed by atoms with Gasteiger partial charge in [0.2, 0.25) is 11.8 Å². The van der Waals surface area contributed by atoms with Crippen molar-refractivity contribution in [3.8, 4) is 0 Å². The Labute approximate surface area is 138 Å². The average Bonchev–Trinajstić information content (AvgIpc) is 2.85. The molecule has 0 aliphatic carbocycles. The van der Waals surface area contributed by atoms with E-state index in [1.54, 1.807) is 25.2 Å². The van der Waals surface area contributed by atoms with Gasteiger partial charge < -0.3 is 10.2 Å². The van der Waals surface area contributed by atoms with E-state index in [-0.39, 0.29) is 11.6 Å².